The second-order valence-electron chi connectivity index (χ2n) is 3.93. The van der Waals surface area contributed by atoms with Gasteiger partial charge in [-0.1, -0.05) is 0 Å². The minimum Gasteiger partial charge on any atom is -0.388 e. The lowest BCUT2D eigenvalue weighted by molar-refractivity contribution is 0.117. The van der Waals surface area contributed by atoms with Crippen LogP contribution in [0.2, 0.25) is 0 Å². The molecule has 0 aliphatic carbocycles. The van der Waals surface area contributed by atoms with E-state index in [9.17, 15) is 5.11 Å². The Morgan fingerprint density at radius 2 is 2.50 bits per heavy atom. The molecule has 0 saturated carbocycles. The number of hydrogen-bond acceptors (Lipinski definition) is 3. The number of aromatic nitrogens is 1. The van der Waals surface area contributed by atoms with Crippen molar-refractivity contribution in [2.75, 3.05) is 13.1 Å². The van der Waals surface area contributed by atoms with Crippen LogP contribution in [-0.4, -0.2) is 23.2 Å². The third kappa shape index (κ3) is 1.79. The Kier molecular flexibility index (Phi) is 2.79. The molecule has 0 bridgehead atoms. The third-order valence-corrected chi connectivity index (χ3v) is 2.94. The predicted octanol–water partition coefficient (Wildman–Crippen LogP) is 1.03. The van der Waals surface area contributed by atoms with E-state index in [1.165, 1.54) is 0 Å². The van der Waals surface area contributed by atoms with E-state index in [4.69, 9.17) is 0 Å². The minimum atomic E-state index is -0.362. The fraction of sp³-hybridized carbons (Fsp3) is 0.545. The van der Waals surface area contributed by atoms with Gasteiger partial charge in [-0.3, -0.25) is 4.98 Å². The summed E-state index contributed by atoms with van der Waals surface area (Å²) >= 11 is 0. The molecule has 1 aliphatic heterocycles. The molecule has 2 N–H and O–H groups in total. The zero-order valence-electron chi connectivity index (χ0n) is 8.40. The van der Waals surface area contributed by atoms with Crippen LogP contribution in [0.25, 0.3) is 0 Å². The zero-order chi connectivity index (χ0) is 9.97. The van der Waals surface area contributed by atoms with Crippen LogP contribution in [0.1, 0.15) is 23.7 Å². The number of hydrogen-bond donors (Lipinski definition) is 2. The zero-order valence-corrected chi connectivity index (χ0v) is 8.40. The highest BCUT2D eigenvalue weighted by atomic mass is 16.3. The van der Waals surface area contributed by atoms with Crippen LogP contribution in [0.15, 0.2) is 18.5 Å². The van der Waals surface area contributed by atoms with E-state index in [2.05, 4.69) is 10.3 Å². The van der Waals surface area contributed by atoms with Crippen LogP contribution >= 0.6 is 0 Å². The predicted molar refractivity (Wildman–Crippen MR) is 54.9 cm³/mol. The van der Waals surface area contributed by atoms with Gasteiger partial charge in [-0.25, -0.2) is 0 Å². The van der Waals surface area contributed by atoms with E-state index >= 15 is 0 Å². The summed E-state index contributed by atoms with van der Waals surface area (Å²) in [6, 6.07) is 1.95. The molecule has 1 unspecified atom stereocenters. The fourth-order valence-electron chi connectivity index (χ4n) is 1.99. The highest BCUT2D eigenvalue weighted by Gasteiger charge is 2.25. The van der Waals surface area contributed by atoms with Gasteiger partial charge in [0.15, 0.2) is 0 Å². The number of aliphatic hydroxyl groups is 1. The van der Waals surface area contributed by atoms with E-state index in [0.29, 0.717) is 5.92 Å². The monoisotopic (exact) mass is 192 g/mol. The number of nitrogens with one attached hydrogen (secondary N) is 1. The molecule has 1 saturated heterocycles. The third-order valence-electron chi connectivity index (χ3n) is 2.94. The molecule has 2 heterocycles. The summed E-state index contributed by atoms with van der Waals surface area (Å²) in [5, 5.41) is 13.4. The lowest BCUT2D eigenvalue weighted by Gasteiger charge is -2.18. The van der Waals surface area contributed by atoms with Crippen molar-refractivity contribution >= 4 is 0 Å². The van der Waals surface area contributed by atoms with E-state index in [1.807, 2.05) is 13.0 Å². The maximum absolute atomic E-state index is 10.1. The minimum absolute atomic E-state index is 0.345. The normalized spacial score (nSPS) is 23.7. The molecule has 14 heavy (non-hydrogen) atoms. The number of aliphatic hydroxyl groups excluding tert-OH is 1. The molecular formula is C11H16N2O. The van der Waals surface area contributed by atoms with Crippen molar-refractivity contribution in [3.8, 4) is 0 Å². The molecule has 0 aromatic carbocycles. The summed E-state index contributed by atoms with van der Waals surface area (Å²) < 4.78 is 0. The first kappa shape index (κ1) is 9.62. The lowest BCUT2D eigenvalue weighted by atomic mass is 9.94. The van der Waals surface area contributed by atoms with Crippen LogP contribution in [0.4, 0.5) is 0 Å². The Labute approximate surface area is 84.2 Å². The highest BCUT2D eigenvalue weighted by Crippen LogP contribution is 2.27. The fourth-order valence-corrected chi connectivity index (χ4v) is 1.99. The van der Waals surface area contributed by atoms with Crippen LogP contribution < -0.4 is 5.32 Å². The van der Waals surface area contributed by atoms with Crippen molar-refractivity contribution < 1.29 is 5.11 Å². The van der Waals surface area contributed by atoms with Gasteiger partial charge in [-0.15, -0.1) is 0 Å². The molecule has 3 nitrogen and oxygen atoms in total. The van der Waals surface area contributed by atoms with E-state index in [1.54, 1.807) is 12.4 Å². The number of pyridine rings is 1. The molecule has 1 fully saturated rings. The molecule has 0 amide bonds. The first-order chi connectivity index (χ1) is 6.79. The quantitative estimate of drug-likeness (QED) is 0.735. The second kappa shape index (κ2) is 4.07. The number of rotatable bonds is 2. The van der Waals surface area contributed by atoms with Gasteiger partial charge in [0.25, 0.3) is 0 Å². The summed E-state index contributed by atoms with van der Waals surface area (Å²) in [5.41, 5.74) is 2.10. The lowest BCUT2D eigenvalue weighted by Crippen LogP contribution is -2.17. The van der Waals surface area contributed by atoms with Gasteiger partial charge in [0.05, 0.1) is 6.10 Å². The molecular weight excluding hydrogens is 176 g/mol. The first-order valence-electron chi connectivity index (χ1n) is 5.08. The molecule has 1 aromatic rings. The van der Waals surface area contributed by atoms with Gasteiger partial charge in [-0.2, -0.15) is 0 Å². The van der Waals surface area contributed by atoms with Crippen molar-refractivity contribution in [3.05, 3.63) is 29.6 Å². The number of aryl methyl sites for hydroxylation is 1. The van der Waals surface area contributed by atoms with Crippen molar-refractivity contribution in [2.24, 2.45) is 5.92 Å². The average Bonchev–Trinajstić information content (AvgIpc) is 2.70. The summed E-state index contributed by atoms with van der Waals surface area (Å²) in [6.07, 6.45) is 4.23. The van der Waals surface area contributed by atoms with Crippen molar-refractivity contribution in [2.45, 2.75) is 19.4 Å². The molecule has 2 rings (SSSR count). The topological polar surface area (TPSA) is 45.2 Å². The molecule has 1 aliphatic rings. The average molecular weight is 192 g/mol. The highest BCUT2D eigenvalue weighted by molar-refractivity contribution is 5.24. The maximum atomic E-state index is 10.1. The van der Waals surface area contributed by atoms with Crippen molar-refractivity contribution in [1.29, 1.82) is 0 Å². The molecule has 3 heteroatoms. The van der Waals surface area contributed by atoms with Gasteiger partial charge in [0.2, 0.25) is 0 Å². The maximum Gasteiger partial charge on any atom is 0.0848 e. The largest absolute Gasteiger partial charge is 0.388 e. The van der Waals surface area contributed by atoms with E-state index < -0.39 is 0 Å². The Morgan fingerprint density at radius 1 is 1.64 bits per heavy atom. The van der Waals surface area contributed by atoms with E-state index in [0.717, 1.165) is 30.6 Å². The first-order valence-corrected chi connectivity index (χ1v) is 5.08. The Morgan fingerprint density at radius 3 is 3.14 bits per heavy atom. The summed E-state index contributed by atoms with van der Waals surface area (Å²) in [5.74, 6) is 0.345. The summed E-state index contributed by atoms with van der Waals surface area (Å²) in [4.78, 5) is 4.06. The SMILES string of the molecule is Cc1ccncc1C(O)[C@@H]1CCNC1. The van der Waals surface area contributed by atoms with Crippen LogP contribution in [0, 0.1) is 12.8 Å². The molecule has 76 valence electrons. The summed E-state index contributed by atoms with van der Waals surface area (Å²) in [6.45, 7) is 3.94. The Bertz CT molecular complexity index is 308. The molecule has 2 atom stereocenters. The molecule has 1 aromatic heterocycles. The van der Waals surface area contributed by atoms with Gasteiger partial charge < -0.3 is 10.4 Å². The molecule has 0 spiro atoms. The standard InChI is InChI=1S/C11H16N2O/c1-8-2-4-13-7-10(8)11(14)9-3-5-12-6-9/h2,4,7,9,11-12,14H,3,5-6H2,1H3/t9-,11?/m1/s1. The van der Waals surface area contributed by atoms with Crippen LogP contribution in [0.3, 0.4) is 0 Å². The summed E-state index contributed by atoms with van der Waals surface area (Å²) in [7, 11) is 0. The van der Waals surface area contributed by atoms with E-state index in [-0.39, 0.29) is 6.10 Å². The van der Waals surface area contributed by atoms with Crippen molar-refractivity contribution in [1.82, 2.24) is 10.3 Å². The van der Waals surface area contributed by atoms with Gasteiger partial charge in [-0.05, 0) is 31.5 Å². The Hall–Kier alpha value is -0.930. The Balaban J connectivity index is 2.17. The van der Waals surface area contributed by atoms with Crippen molar-refractivity contribution in [3.63, 3.8) is 0 Å². The van der Waals surface area contributed by atoms with Gasteiger partial charge in [0.1, 0.15) is 0 Å². The van der Waals surface area contributed by atoms with Gasteiger partial charge >= 0.3 is 0 Å². The number of nitrogens with zero attached hydrogens (tertiary/aromatic N) is 1. The second-order valence-corrected chi connectivity index (χ2v) is 3.93. The van der Waals surface area contributed by atoms with Gasteiger partial charge in [0, 0.05) is 30.4 Å². The smallest absolute Gasteiger partial charge is 0.0848 e. The molecule has 0 radical (unpaired) electrons. The van der Waals surface area contributed by atoms with Crippen LogP contribution in [-0.2, 0) is 0 Å². The van der Waals surface area contributed by atoms with Crippen LogP contribution in [0.5, 0.6) is 0 Å².